The zero-order valence-electron chi connectivity index (χ0n) is 11.6. The summed E-state index contributed by atoms with van der Waals surface area (Å²) in [5.74, 6) is 1.45. The summed E-state index contributed by atoms with van der Waals surface area (Å²) >= 11 is 5.94. The third-order valence-corrected chi connectivity index (χ3v) is 3.45. The monoisotopic (exact) mass is 269 g/mol. The Balaban J connectivity index is 2.50. The number of hydrogen-bond acceptors (Lipinski definition) is 2. The maximum atomic E-state index is 5.94. The van der Waals surface area contributed by atoms with Crippen molar-refractivity contribution in [3.63, 3.8) is 0 Å². The van der Waals surface area contributed by atoms with Gasteiger partial charge in [-0.15, -0.1) is 0 Å². The summed E-state index contributed by atoms with van der Waals surface area (Å²) in [6, 6.07) is 7.97. The number of rotatable bonds is 8. The molecular formula is C15H24ClNO. The maximum Gasteiger partial charge on any atom is 0.120 e. The van der Waals surface area contributed by atoms with Gasteiger partial charge in [0, 0.05) is 11.1 Å². The fraction of sp³-hybridized carbons (Fsp3) is 0.600. The molecule has 0 heterocycles. The van der Waals surface area contributed by atoms with Crippen molar-refractivity contribution in [2.45, 2.75) is 39.7 Å². The van der Waals surface area contributed by atoms with E-state index in [1.165, 1.54) is 0 Å². The Morgan fingerprint density at radius 3 is 2.72 bits per heavy atom. The Labute approximate surface area is 116 Å². The lowest BCUT2D eigenvalue weighted by Crippen LogP contribution is -2.40. The van der Waals surface area contributed by atoms with Crippen molar-refractivity contribution in [2.24, 2.45) is 5.92 Å². The van der Waals surface area contributed by atoms with Gasteiger partial charge in [-0.3, -0.25) is 0 Å². The van der Waals surface area contributed by atoms with Crippen LogP contribution in [0.3, 0.4) is 0 Å². The van der Waals surface area contributed by atoms with Crippen LogP contribution >= 0.6 is 11.6 Å². The molecule has 0 aromatic heterocycles. The van der Waals surface area contributed by atoms with Crippen molar-refractivity contribution < 1.29 is 4.74 Å². The van der Waals surface area contributed by atoms with E-state index in [0.29, 0.717) is 23.6 Å². The topological polar surface area (TPSA) is 21.3 Å². The highest BCUT2D eigenvalue weighted by molar-refractivity contribution is 6.30. The molecule has 0 bridgehead atoms. The third-order valence-electron chi connectivity index (χ3n) is 3.21. The molecular weight excluding hydrogens is 246 g/mol. The second-order valence-corrected chi connectivity index (χ2v) is 5.15. The summed E-state index contributed by atoms with van der Waals surface area (Å²) in [5.41, 5.74) is 0. The van der Waals surface area contributed by atoms with Crippen LogP contribution in [0.25, 0.3) is 0 Å². The molecule has 1 aromatic rings. The van der Waals surface area contributed by atoms with Gasteiger partial charge in [-0.05, 0) is 37.1 Å². The van der Waals surface area contributed by atoms with Crippen LogP contribution in [0.4, 0.5) is 0 Å². The Hall–Kier alpha value is -0.730. The van der Waals surface area contributed by atoms with Crippen LogP contribution in [0.1, 0.15) is 33.6 Å². The molecule has 3 heteroatoms. The van der Waals surface area contributed by atoms with Crippen LogP contribution < -0.4 is 10.1 Å². The quantitative estimate of drug-likeness (QED) is 0.766. The number of benzene rings is 1. The Bertz CT molecular complexity index is 343. The SMILES string of the molecule is CCCNC(COc1cccc(Cl)c1)C(C)CC. The Morgan fingerprint density at radius 2 is 2.11 bits per heavy atom. The lowest BCUT2D eigenvalue weighted by molar-refractivity contribution is 0.220. The number of ether oxygens (including phenoxy) is 1. The van der Waals surface area contributed by atoms with E-state index in [2.05, 4.69) is 26.1 Å². The molecule has 0 saturated heterocycles. The van der Waals surface area contributed by atoms with Crippen molar-refractivity contribution in [3.8, 4) is 5.75 Å². The molecule has 0 fully saturated rings. The molecule has 0 aliphatic carbocycles. The largest absolute Gasteiger partial charge is 0.492 e. The molecule has 0 aliphatic heterocycles. The first-order chi connectivity index (χ1) is 8.67. The molecule has 1 N–H and O–H groups in total. The summed E-state index contributed by atoms with van der Waals surface area (Å²) in [4.78, 5) is 0. The lowest BCUT2D eigenvalue weighted by Gasteiger charge is -2.24. The summed E-state index contributed by atoms with van der Waals surface area (Å²) in [7, 11) is 0. The minimum atomic E-state index is 0.397. The van der Waals surface area contributed by atoms with Crippen molar-refractivity contribution in [1.82, 2.24) is 5.32 Å². The minimum Gasteiger partial charge on any atom is -0.492 e. The fourth-order valence-electron chi connectivity index (χ4n) is 1.78. The molecule has 1 rings (SSSR count). The van der Waals surface area contributed by atoms with Crippen LogP contribution in [0, 0.1) is 5.92 Å². The molecule has 0 aliphatic rings. The van der Waals surface area contributed by atoms with Gasteiger partial charge in [0.2, 0.25) is 0 Å². The molecule has 18 heavy (non-hydrogen) atoms. The molecule has 0 amide bonds. The van der Waals surface area contributed by atoms with Gasteiger partial charge >= 0.3 is 0 Å². The van der Waals surface area contributed by atoms with Crippen LogP contribution in [-0.4, -0.2) is 19.2 Å². The summed E-state index contributed by atoms with van der Waals surface area (Å²) in [6.07, 6.45) is 2.30. The van der Waals surface area contributed by atoms with Crippen LogP contribution in [0.2, 0.25) is 5.02 Å². The van der Waals surface area contributed by atoms with E-state index in [9.17, 15) is 0 Å². The second kappa shape index (κ2) is 8.39. The van der Waals surface area contributed by atoms with E-state index >= 15 is 0 Å². The standard InChI is InChI=1S/C15H24ClNO/c1-4-9-17-15(12(3)5-2)11-18-14-8-6-7-13(16)10-14/h6-8,10,12,15,17H,4-5,9,11H2,1-3H3. The normalized spacial score (nSPS) is 14.2. The van der Waals surface area contributed by atoms with E-state index in [1.54, 1.807) is 0 Å². The highest BCUT2D eigenvalue weighted by atomic mass is 35.5. The van der Waals surface area contributed by atoms with E-state index < -0.39 is 0 Å². The first kappa shape index (κ1) is 15.3. The van der Waals surface area contributed by atoms with Crippen molar-refractivity contribution >= 4 is 11.6 Å². The van der Waals surface area contributed by atoms with Gasteiger partial charge in [0.05, 0.1) is 0 Å². The maximum absolute atomic E-state index is 5.94. The molecule has 2 unspecified atom stereocenters. The van der Waals surface area contributed by atoms with Crippen LogP contribution in [-0.2, 0) is 0 Å². The molecule has 0 saturated carbocycles. The van der Waals surface area contributed by atoms with E-state index in [1.807, 2.05) is 24.3 Å². The Morgan fingerprint density at radius 1 is 1.33 bits per heavy atom. The van der Waals surface area contributed by atoms with Gasteiger partial charge in [-0.25, -0.2) is 0 Å². The van der Waals surface area contributed by atoms with Crippen LogP contribution in [0.5, 0.6) is 5.75 Å². The van der Waals surface area contributed by atoms with Gasteiger partial charge in [0.1, 0.15) is 12.4 Å². The summed E-state index contributed by atoms with van der Waals surface area (Å²) in [5, 5.41) is 4.26. The van der Waals surface area contributed by atoms with Gasteiger partial charge in [0.15, 0.2) is 0 Å². The van der Waals surface area contributed by atoms with Crippen molar-refractivity contribution in [2.75, 3.05) is 13.2 Å². The fourth-order valence-corrected chi connectivity index (χ4v) is 1.96. The average Bonchev–Trinajstić information content (AvgIpc) is 2.38. The first-order valence-corrected chi connectivity index (χ1v) is 7.16. The second-order valence-electron chi connectivity index (χ2n) is 4.71. The van der Waals surface area contributed by atoms with Crippen LogP contribution in [0.15, 0.2) is 24.3 Å². The highest BCUT2D eigenvalue weighted by Gasteiger charge is 2.15. The number of halogens is 1. The van der Waals surface area contributed by atoms with Gasteiger partial charge < -0.3 is 10.1 Å². The Kier molecular flexibility index (Phi) is 7.14. The zero-order chi connectivity index (χ0) is 13.4. The first-order valence-electron chi connectivity index (χ1n) is 6.79. The number of nitrogens with one attached hydrogen (secondary N) is 1. The highest BCUT2D eigenvalue weighted by Crippen LogP contribution is 2.18. The average molecular weight is 270 g/mol. The number of hydrogen-bond donors (Lipinski definition) is 1. The molecule has 1 aromatic carbocycles. The smallest absolute Gasteiger partial charge is 0.120 e. The molecule has 0 spiro atoms. The van der Waals surface area contributed by atoms with Gasteiger partial charge in [-0.1, -0.05) is 44.9 Å². The zero-order valence-corrected chi connectivity index (χ0v) is 12.3. The minimum absolute atomic E-state index is 0.397. The van der Waals surface area contributed by atoms with Gasteiger partial charge in [-0.2, -0.15) is 0 Å². The molecule has 2 nitrogen and oxygen atoms in total. The molecule has 102 valence electrons. The summed E-state index contributed by atoms with van der Waals surface area (Å²) < 4.78 is 5.82. The van der Waals surface area contributed by atoms with E-state index in [-0.39, 0.29) is 0 Å². The van der Waals surface area contributed by atoms with Crippen molar-refractivity contribution in [3.05, 3.63) is 29.3 Å². The predicted octanol–water partition coefficient (Wildman–Crippen LogP) is 4.13. The summed E-state index contributed by atoms with van der Waals surface area (Å²) in [6.45, 7) is 8.38. The van der Waals surface area contributed by atoms with Gasteiger partial charge in [0.25, 0.3) is 0 Å². The third kappa shape index (κ3) is 5.28. The molecule has 2 atom stereocenters. The van der Waals surface area contributed by atoms with Crippen molar-refractivity contribution in [1.29, 1.82) is 0 Å². The van der Waals surface area contributed by atoms with E-state index in [0.717, 1.165) is 25.1 Å². The predicted molar refractivity (Wildman–Crippen MR) is 78.5 cm³/mol. The molecule has 0 radical (unpaired) electrons. The lowest BCUT2D eigenvalue weighted by atomic mass is 10.00. The van der Waals surface area contributed by atoms with E-state index in [4.69, 9.17) is 16.3 Å².